The van der Waals surface area contributed by atoms with E-state index in [9.17, 15) is 0 Å². The van der Waals surface area contributed by atoms with Gasteiger partial charge in [0.05, 0.1) is 26.4 Å². The molecule has 0 saturated carbocycles. The molecule has 0 aliphatic rings. The number of H-pyrrole nitrogens is 1. The van der Waals surface area contributed by atoms with Crippen LogP contribution in [-0.2, 0) is 11.5 Å². The molecule has 0 spiro atoms. The van der Waals surface area contributed by atoms with E-state index in [2.05, 4.69) is 53.5 Å². The number of hydrogen-bond donors (Lipinski definition) is 1. The predicted octanol–water partition coefficient (Wildman–Crippen LogP) is 7.84. The molecule has 0 amide bonds. The van der Waals surface area contributed by atoms with E-state index >= 15 is 0 Å². The van der Waals surface area contributed by atoms with E-state index in [0.29, 0.717) is 0 Å². The Balaban J connectivity index is 1.43. The van der Waals surface area contributed by atoms with Gasteiger partial charge in [-0.05, 0) is 77.4 Å². The molecule has 188 valence electrons. The topological polar surface area (TPSA) is 56.4 Å². The Hall–Kier alpha value is -3.55. The van der Waals surface area contributed by atoms with Gasteiger partial charge < -0.3 is 19.2 Å². The summed E-state index contributed by atoms with van der Waals surface area (Å²) >= 11 is 3.56. The van der Waals surface area contributed by atoms with Gasteiger partial charge in [0, 0.05) is 27.5 Å². The number of rotatable bonds is 10. The lowest BCUT2D eigenvalue weighted by Gasteiger charge is -2.08. The first-order valence-electron chi connectivity index (χ1n) is 11.8. The van der Waals surface area contributed by atoms with Gasteiger partial charge in [-0.25, -0.2) is 4.98 Å². The molecule has 3 aromatic carbocycles. The Kier molecular flexibility index (Phi) is 7.92. The van der Waals surface area contributed by atoms with Crippen molar-refractivity contribution >= 4 is 34.6 Å². The highest BCUT2D eigenvalue weighted by Crippen LogP contribution is 2.36. The zero-order valence-corrected chi connectivity index (χ0v) is 22.6. The average Bonchev–Trinajstić information content (AvgIpc) is 3.40. The second-order valence-corrected chi connectivity index (χ2v) is 10.4. The second kappa shape index (κ2) is 11.7. The summed E-state index contributed by atoms with van der Waals surface area (Å²) in [6.07, 6.45) is 0. The van der Waals surface area contributed by atoms with Crippen LogP contribution in [0, 0.1) is 0 Å². The van der Waals surface area contributed by atoms with Gasteiger partial charge in [0.15, 0.2) is 0 Å². The summed E-state index contributed by atoms with van der Waals surface area (Å²) in [5.41, 5.74) is 5.49. The van der Waals surface area contributed by atoms with Crippen LogP contribution in [0.5, 0.6) is 17.2 Å². The fraction of sp³-hybridized carbons (Fsp3) is 0.167. The van der Waals surface area contributed by atoms with Crippen molar-refractivity contribution in [2.45, 2.75) is 21.4 Å². The standard InChI is InChI=1S/C30H28N2O3S2/c1-33-23-10-4-20(5-11-23)18-36-28-17-29(37-19-21-6-12-24(34-2)13-7-21)32-30-26(28)16-27(31-30)22-8-14-25(35-3)15-9-22/h4-17H,18-19H2,1-3H3,(H,31,32). The molecule has 5 aromatic rings. The summed E-state index contributed by atoms with van der Waals surface area (Å²) < 4.78 is 15.9. The summed E-state index contributed by atoms with van der Waals surface area (Å²) in [7, 11) is 5.05. The SMILES string of the molecule is COc1ccc(CSc2cc(SCc3ccc(OC)cc3)c3cc(-c4ccc(OC)cc4)[nH]c3n2)cc1. The second-order valence-electron chi connectivity index (χ2n) is 8.41. The van der Waals surface area contributed by atoms with E-state index in [4.69, 9.17) is 19.2 Å². The van der Waals surface area contributed by atoms with Crippen molar-refractivity contribution in [3.63, 3.8) is 0 Å². The predicted molar refractivity (Wildman–Crippen MR) is 153 cm³/mol. The first kappa shape index (κ1) is 25.1. The summed E-state index contributed by atoms with van der Waals surface area (Å²) in [5.74, 6) is 4.26. The van der Waals surface area contributed by atoms with E-state index < -0.39 is 0 Å². The Morgan fingerprint density at radius 3 is 1.70 bits per heavy atom. The number of ether oxygens (including phenoxy) is 3. The summed E-state index contributed by atoms with van der Waals surface area (Å²) in [4.78, 5) is 9.72. The van der Waals surface area contributed by atoms with Crippen molar-refractivity contribution in [1.29, 1.82) is 0 Å². The lowest BCUT2D eigenvalue weighted by atomic mass is 10.1. The van der Waals surface area contributed by atoms with Crippen molar-refractivity contribution in [2.75, 3.05) is 21.3 Å². The number of methoxy groups -OCH3 is 3. The van der Waals surface area contributed by atoms with Crippen LogP contribution in [0.15, 0.2) is 94.9 Å². The molecular formula is C30H28N2O3S2. The molecule has 0 radical (unpaired) electrons. The summed E-state index contributed by atoms with van der Waals surface area (Å²) in [5, 5.41) is 2.11. The van der Waals surface area contributed by atoms with Crippen LogP contribution >= 0.6 is 23.5 Å². The molecule has 37 heavy (non-hydrogen) atoms. The first-order chi connectivity index (χ1) is 18.1. The Bertz CT molecular complexity index is 1460. The molecule has 1 N–H and O–H groups in total. The van der Waals surface area contributed by atoms with Crippen molar-refractivity contribution in [3.05, 3.63) is 96.1 Å². The highest BCUT2D eigenvalue weighted by atomic mass is 32.2. The van der Waals surface area contributed by atoms with Crippen LogP contribution in [0.4, 0.5) is 0 Å². The average molecular weight is 529 g/mol. The Morgan fingerprint density at radius 1 is 0.649 bits per heavy atom. The van der Waals surface area contributed by atoms with Crippen molar-refractivity contribution < 1.29 is 14.2 Å². The molecule has 2 heterocycles. The van der Waals surface area contributed by atoms with E-state index in [1.165, 1.54) is 16.0 Å². The number of nitrogens with zero attached hydrogens (tertiary/aromatic N) is 1. The van der Waals surface area contributed by atoms with E-state index in [1.807, 2.05) is 48.2 Å². The molecule has 0 atom stereocenters. The van der Waals surface area contributed by atoms with Gasteiger partial charge in [-0.3, -0.25) is 0 Å². The highest BCUT2D eigenvalue weighted by Gasteiger charge is 2.13. The molecule has 7 heteroatoms. The lowest BCUT2D eigenvalue weighted by Crippen LogP contribution is -1.89. The van der Waals surface area contributed by atoms with Gasteiger partial charge in [0.2, 0.25) is 0 Å². The summed E-state index contributed by atoms with van der Waals surface area (Å²) in [6.45, 7) is 0. The maximum absolute atomic E-state index is 5.32. The van der Waals surface area contributed by atoms with Gasteiger partial charge in [-0.2, -0.15) is 0 Å². The third kappa shape index (κ3) is 6.06. The van der Waals surface area contributed by atoms with E-state index in [1.54, 1.807) is 33.1 Å². The normalized spacial score (nSPS) is 11.0. The van der Waals surface area contributed by atoms with Gasteiger partial charge >= 0.3 is 0 Å². The highest BCUT2D eigenvalue weighted by molar-refractivity contribution is 7.99. The third-order valence-electron chi connectivity index (χ3n) is 6.04. The van der Waals surface area contributed by atoms with Crippen LogP contribution in [-0.4, -0.2) is 31.3 Å². The van der Waals surface area contributed by atoms with Crippen LogP contribution in [0.25, 0.3) is 22.3 Å². The minimum absolute atomic E-state index is 0.830. The molecule has 0 fully saturated rings. The van der Waals surface area contributed by atoms with Crippen LogP contribution in [0.2, 0.25) is 0 Å². The number of benzene rings is 3. The molecule has 0 saturated heterocycles. The fourth-order valence-corrected chi connectivity index (χ4v) is 5.89. The molecule has 5 nitrogen and oxygen atoms in total. The summed E-state index contributed by atoms with van der Waals surface area (Å²) in [6, 6.07) is 28.9. The largest absolute Gasteiger partial charge is 0.497 e. The fourth-order valence-electron chi connectivity index (χ4n) is 3.93. The molecule has 0 aliphatic heterocycles. The van der Waals surface area contributed by atoms with E-state index in [0.717, 1.165) is 56.1 Å². The zero-order chi connectivity index (χ0) is 25.6. The number of thioether (sulfide) groups is 2. The number of pyridine rings is 1. The zero-order valence-electron chi connectivity index (χ0n) is 21.0. The maximum Gasteiger partial charge on any atom is 0.140 e. The number of hydrogen-bond acceptors (Lipinski definition) is 6. The molecule has 0 aliphatic carbocycles. The third-order valence-corrected chi connectivity index (χ3v) is 8.15. The van der Waals surface area contributed by atoms with Gasteiger partial charge in [-0.15, -0.1) is 23.5 Å². The maximum atomic E-state index is 5.32. The van der Waals surface area contributed by atoms with Crippen molar-refractivity contribution in [1.82, 2.24) is 9.97 Å². The minimum Gasteiger partial charge on any atom is -0.497 e. The van der Waals surface area contributed by atoms with Gasteiger partial charge in [-0.1, -0.05) is 24.3 Å². The molecular weight excluding hydrogens is 500 g/mol. The first-order valence-corrected chi connectivity index (χ1v) is 13.8. The number of fused-ring (bicyclic) bond motifs is 1. The number of aromatic amines is 1. The van der Waals surface area contributed by atoms with Crippen molar-refractivity contribution in [3.8, 4) is 28.5 Å². The number of aromatic nitrogens is 2. The van der Waals surface area contributed by atoms with Crippen LogP contribution < -0.4 is 14.2 Å². The lowest BCUT2D eigenvalue weighted by molar-refractivity contribution is 0.414. The van der Waals surface area contributed by atoms with Gasteiger partial charge in [0.25, 0.3) is 0 Å². The molecule has 0 bridgehead atoms. The minimum atomic E-state index is 0.830. The smallest absolute Gasteiger partial charge is 0.140 e. The quantitative estimate of drug-likeness (QED) is 0.186. The number of nitrogens with one attached hydrogen (secondary N) is 1. The van der Waals surface area contributed by atoms with E-state index in [-0.39, 0.29) is 0 Å². The Morgan fingerprint density at radius 2 is 1.16 bits per heavy atom. The molecule has 5 rings (SSSR count). The van der Waals surface area contributed by atoms with Crippen LogP contribution in [0.3, 0.4) is 0 Å². The molecule has 0 unspecified atom stereocenters. The monoisotopic (exact) mass is 528 g/mol. The van der Waals surface area contributed by atoms with Gasteiger partial charge in [0.1, 0.15) is 22.9 Å². The van der Waals surface area contributed by atoms with Crippen LogP contribution in [0.1, 0.15) is 11.1 Å². The molecule has 2 aromatic heterocycles. The Labute approximate surface area is 225 Å². The van der Waals surface area contributed by atoms with Crippen molar-refractivity contribution in [2.24, 2.45) is 0 Å².